The first kappa shape index (κ1) is 14.3. The van der Waals surface area contributed by atoms with Gasteiger partial charge in [0.05, 0.1) is 16.8 Å². The molecule has 106 valence electrons. The van der Waals surface area contributed by atoms with E-state index in [-0.39, 0.29) is 17.9 Å². The van der Waals surface area contributed by atoms with Gasteiger partial charge in [0, 0.05) is 18.2 Å². The summed E-state index contributed by atoms with van der Waals surface area (Å²) in [5, 5.41) is 12.5. The summed E-state index contributed by atoms with van der Waals surface area (Å²) in [5.74, 6) is -0.471. The van der Waals surface area contributed by atoms with Gasteiger partial charge in [-0.25, -0.2) is 18.2 Å². The molecule has 7 heteroatoms. The molecule has 0 saturated heterocycles. The smallest absolute Gasteiger partial charge is 0.336 e. The van der Waals surface area contributed by atoms with Gasteiger partial charge in [-0.15, -0.1) is 0 Å². The van der Waals surface area contributed by atoms with Gasteiger partial charge in [-0.2, -0.15) is 0 Å². The van der Waals surface area contributed by atoms with Crippen LogP contribution in [0.2, 0.25) is 0 Å². The quantitative estimate of drug-likeness (QED) is 0.865. The molecule has 0 saturated carbocycles. The number of pyridine rings is 1. The Morgan fingerprint density at radius 1 is 1.30 bits per heavy atom. The molecule has 1 aromatic heterocycles. The molecule has 0 atom stereocenters. The molecule has 0 bridgehead atoms. The number of nitrogens with zero attached hydrogens (tertiary/aromatic N) is 1. The van der Waals surface area contributed by atoms with E-state index in [2.05, 4.69) is 10.3 Å². The number of aromatic nitrogens is 1. The number of sulfone groups is 1. The second-order valence-electron chi connectivity index (χ2n) is 4.43. The van der Waals surface area contributed by atoms with E-state index in [1.165, 1.54) is 12.3 Å². The summed E-state index contributed by atoms with van der Waals surface area (Å²) in [6.07, 6.45) is 1.17. The maximum atomic E-state index is 11.1. The molecular weight excluding hydrogens is 280 g/mol. The highest BCUT2D eigenvalue weighted by Crippen LogP contribution is 2.19. The third-order valence-electron chi connectivity index (χ3n) is 2.74. The Labute approximate surface area is 116 Å². The summed E-state index contributed by atoms with van der Waals surface area (Å²) < 4.78 is 22.1. The number of fused-ring (bicyclic) bond motifs is 1. The fraction of sp³-hybridized carbons (Fsp3) is 0.231. The largest absolute Gasteiger partial charge is 0.478 e. The lowest BCUT2D eigenvalue weighted by Crippen LogP contribution is -2.14. The Balaban J connectivity index is 2.24. The number of hydrogen-bond acceptors (Lipinski definition) is 5. The zero-order valence-corrected chi connectivity index (χ0v) is 11.6. The number of carboxylic acids is 1. The summed E-state index contributed by atoms with van der Waals surface area (Å²) in [6.45, 7) is 0.260. The third kappa shape index (κ3) is 3.45. The molecule has 2 rings (SSSR count). The van der Waals surface area contributed by atoms with E-state index in [0.29, 0.717) is 16.7 Å². The summed E-state index contributed by atoms with van der Waals surface area (Å²) >= 11 is 0. The molecule has 6 nitrogen and oxygen atoms in total. The van der Waals surface area contributed by atoms with E-state index in [1.807, 2.05) is 0 Å². The Morgan fingerprint density at radius 2 is 2.05 bits per heavy atom. The van der Waals surface area contributed by atoms with E-state index in [1.54, 1.807) is 24.3 Å². The van der Waals surface area contributed by atoms with Crippen molar-refractivity contribution in [1.82, 2.24) is 4.98 Å². The minimum absolute atomic E-state index is 0.0158. The monoisotopic (exact) mass is 294 g/mol. The molecule has 0 spiro atoms. The molecule has 0 fully saturated rings. The highest BCUT2D eigenvalue weighted by molar-refractivity contribution is 7.90. The molecule has 1 heterocycles. The van der Waals surface area contributed by atoms with E-state index < -0.39 is 15.8 Å². The van der Waals surface area contributed by atoms with Crippen LogP contribution in [-0.4, -0.2) is 43.0 Å². The average molecular weight is 294 g/mol. The maximum Gasteiger partial charge on any atom is 0.336 e. The molecule has 0 aliphatic carbocycles. The summed E-state index contributed by atoms with van der Waals surface area (Å²) in [6, 6.07) is 8.15. The second kappa shape index (κ2) is 5.46. The van der Waals surface area contributed by atoms with Crippen LogP contribution in [0.5, 0.6) is 0 Å². The van der Waals surface area contributed by atoms with Crippen LogP contribution in [0.1, 0.15) is 10.4 Å². The van der Waals surface area contributed by atoms with Crippen molar-refractivity contribution in [1.29, 1.82) is 0 Å². The van der Waals surface area contributed by atoms with Crippen molar-refractivity contribution in [2.75, 3.05) is 23.9 Å². The van der Waals surface area contributed by atoms with Gasteiger partial charge in [0.1, 0.15) is 15.7 Å². The first-order valence-electron chi connectivity index (χ1n) is 5.91. The molecule has 2 aromatic rings. The Bertz CT molecular complexity index is 756. The lowest BCUT2D eigenvalue weighted by Gasteiger charge is -2.07. The molecule has 0 aliphatic rings. The number of hydrogen-bond donors (Lipinski definition) is 2. The number of rotatable bonds is 5. The lowest BCUT2D eigenvalue weighted by atomic mass is 10.1. The number of anilines is 1. The van der Waals surface area contributed by atoms with Crippen LogP contribution in [-0.2, 0) is 9.84 Å². The highest BCUT2D eigenvalue weighted by atomic mass is 32.2. The highest BCUT2D eigenvalue weighted by Gasteiger charge is 2.09. The van der Waals surface area contributed by atoms with Crippen LogP contribution in [0.4, 0.5) is 5.82 Å². The van der Waals surface area contributed by atoms with Crippen molar-refractivity contribution in [3.05, 3.63) is 35.9 Å². The van der Waals surface area contributed by atoms with Gasteiger partial charge < -0.3 is 10.4 Å². The van der Waals surface area contributed by atoms with Crippen molar-refractivity contribution in [3.8, 4) is 0 Å². The predicted octanol–water partition coefficient (Wildman–Crippen LogP) is 1.39. The van der Waals surface area contributed by atoms with E-state index in [4.69, 9.17) is 5.11 Å². The van der Waals surface area contributed by atoms with Gasteiger partial charge in [-0.1, -0.05) is 6.07 Å². The van der Waals surface area contributed by atoms with Crippen molar-refractivity contribution in [3.63, 3.8) is 0 Å². The molecular formula is C13H14N2O4S. The molecule has 2 N–H and O–H groups in total. The molecule has 0 aliphatic heterocycles. The van der Waals surface area contributed by atoms with Gasteiger partial charge in [0.15, 0.2) is 0 Å². The van der Waals surface area contributed by atoms with Gasteiger partial charge in [0.2, 0.25) is 0 Å². The van der Waals surface area contributed by atoms with Crippen LogP contribution in [0, 0.1) is 0 Å². The number of aromatic carboxylic acids is 1. The molecule has 0 radical (unpaired) electrons. The van der Waals surface area contributed by atoms with Crippen molar-refractivity contribution < 1.29 is 18.3 Å². The second-order valence-corrected chi connectivity index (χ2v) is 6.69. The number of nitrogens with one attached hydrogen (secondary N) is 1. The Hall–Kier alpha value is -2.15. The fourth-order valence-electron chi connectivity index (χ4n) is 1.80. The summed E-state index contributed by atoms with van der Waals surface area (Å²) in [4.78, 5) is 15.3. The normalized spacial score (nSPS) is 11.4. The van der Waals surface area contributed by atoms with E-state index >= 15 is 0 Å². The Kier molecular flexibility index (Phi) is 3.89. The van der Waals surface area contributed by atoms with Gasteiger partial charge in [-0.05, 0) is 24.3 Å². The van der Waals surface area contributed by atoms with Crippen molar-refractivity contribution in [2.24, 2.45) is 0 Å². The van der Waals surface area contributed by atoms with Crippen LogP contribution in [0.15, 0.2) is 30.3 Å². The van der Waals surface area contributed by atoms with Crippen molar-refractivity contribution in [2.45, 2.75) is 0 Å². The zero-order chi connectivity index (χ0) is 14.8. The topological polar surface area (TPSA) is 96.4 Å². The molecule has 0 amide bonds. The summed E-state index contributed by atoms with van der Waals surface area (Å²) in [7, 11) is -3.02. The predicted molar refractivity (Wildman–Crippen MR) is 76.9 cm³/mol. The van der Waals surface area contributed by atoms with Gasteiger partial charge >= 0.3 is 5.97 Å². The van der Waals surface area contributed by atoms with Crippen LogP contribution in [0.3, 0.4) is 0 Å². The number of carboxylic acid groups (broad SMARTS) is 1. The summed E-state index contributed by atoms with van der Waals surface area (Å²) in [5.41, 5.74) is 0.743. The van der Waals surface area contributed by atoms with Crippen LogP contribution >= 0.6 is 0 Å². The van der Waals surface area contributed by atoms with Gasteiger partial charge in [-0.3, -0.25) is 0 Å². The van der Waals surface area contributed by atoms with Crippen LogP contribution < -0.4 is 5.32 Å². The SMILES string of the molecule is CS(=O)(=O)CCNc1ccc2c(C(=O)O)cccc2n1. The van der Waals surface area contributed by atoms with E-state index in [0.717, 1.165) is 0 Å². The molecule has 0 unspecified atom stereocenters. The lowest BCUT2D eigenvalue weighted by molar-refractivity contribution is 0.0699. The fourth-order valence-corrected chi connectivity index (χ4v) is 2.28. The van der Waals surface area contributed by atoms with E-state index in [9.17, 15) is 13.2 Å². The minimum atomic E-state index is -3.02. The average Bonchev–Trinajstić information content (AvgIpc) is 2.36. The number of benzene rings is 1. The molecule has 1 aromatic carbocycles. The zero-order valence-electron chi connectivity index (χ0n) is 10.8. The standard InChI is InChI=1S/C13H14N2O4S/c1-20(18,19)8-7-14-12-6-5-9-10(13(16)17)3-2-4-11(9)15-12/h2-6H,7-8H2,1H3,(H,14,15)(H,16,17). The van der Waals surface area contributed by atoms with Crippen LogP contribution in [0.25, 0.3) is 10.9 Å². The van der Waals surface area contributed by atoms with Gasteiger partial charge in [0.25, 0.3) is 0 Å². The minimum Gasteiger partial charge on any atom is -0.478 e. The molecule has 20 heavy (non-hydrogen) atoms. The van der Waals surface area contributed by atoms with Crippen molar-refractivity contribution >= 4 is 32.5 Å². The first-order chi connectivity index (χ1) is 9.37. The Morgan fingerprint density at radius 3 is 2.70 bits per heavy atom. The first-order valence-corrected chi connectivity index (χ1v) is 7.97. The number of carbonyl (C=O) groups is 1. The maximum absolute atomic E-state index is 11.1. The third-order valence-corrected chi connectivity index (χ3v) is 3.69.